The van der Waals surface area contributed by atoms with Crippen LogP contribution in [0.3, 0.4) is 0 Å². The van der Waals surface area contributed by atoms with E-state index in [4.69, 9.17) is 10.00 Å². The van der Waals surface area contributed by atoms with Crippen LogP contribution < -0.4 is 10.1 Å². The number of hydrogen-bond donors (Lipinski definition) is 1. The minimum atomic E-state index is 0.102. The summed E-state index contributed by atoms with van der Waals surface area (Å²) >= 11 is 0. The van der Waals surface area contributed by atoms with E-state index in [1.807, 2.05) is 24.3 Å². The number of rotatable bonds is 5. The van der Waals surface area contributed by atoms with Crippen LogP contribution in [0.2, 0.25) is 0 Å². The van der Waals surface area contributed by atoms with Gasteiger partial charge in [0.05, 0.1) is 0 Å². The van der Waals surface area contributed by atoms with E-state index in [9.17, 15) is 0 Å². The first kappa shape index (κ1) is 12.8. The first-order valence-corrected chi connectivity index (χ1v) is 6.68. The average Bonchev–Trinajstić information content (AvgIpc) is 2.84. The van der Waals surface area contributed by atoms with Crippen molar-refractivity contribution in [3.63, 3.8) is 0 Å². The molecule has 96 valence electrons. The van der Waals surface area contributed by atoms with Gasteiger partial charge < -0.3 is 10.1 Å². The second kappa shape index (κ2) is 6.30. The molecule has 1 aliphatic rings. The molecule has 2 atom stereocenters. The van der Waals surface area contributed by atoms with Gasteiger partial charge in [-0.2, -0.15) is 5.26 Å². The summed E-state index contributed by atoms with van der Waals surface area (Å²) in [6, 6.07) is 10.4. The zero-order valence-electron chi connectivity index (χ0n) is 10.9. The standard InChI is InChI=1S/C15H20N2O/c1-2-12-6-7-14(10-12)17-13-4-3-5-15(11-13)18-9-8-16/h3-5,11-12,14,17H,2,6-7,9-10H2,1H3. The van der Waals surface area contributed by atoms with Gasteiger partial charge in [-0.25, -0.2) is 0 Å². The van der Waals surface area contributed by atoms with Crippen LogP contribution in [0.25, 0.3) is 0 Å². The predicted octanol–water partition coefficient (Wildman–Crippen LogP) is 3.58. The Hall–Kier alpha value is -1.69. The molecule has 1 N–H and O–H groups in total. The minimum absolute atomic E-state index is 0.102. The monoisotopic (exact) mass is 244 g/mol. The molecule has 3 heteroatoms. The first-order chi connectivity index (χ1) is 8.81. The van der Waals surface area contributed by atoms with Crippen LogP contribution in [-0.4, -0.2) is 12.6 Å². The van der Waals surface area contributed by atoms with Crippen LogP contribution in [0.5, 0.6) is 5.75 Å². The lowest BCUT2D eigenvalue weighted by Gasteiger charge is -2.15. The fourth-order valence-corrected chi connectivity index (χ4v) is 2.60. The molecule has 2 unspecified atom stereocenters. The lowest BCUT2D eigenvalue weighted by molar-refractivity contribution is 0.368. The van der Waals surface area contributed by atoms with E-state index in [1.165, 1.54) is 25.7 Å². The number of ether oxygens (including phenoxy) is 1. The van der Waals surface area contributed by atoms with E-state index < -0.39 is 0 Å². The SMILES string of the molecule is CCC1CCC(Nc2cccc(OCC#N)c2)C1. The Kier molecular flexibility index (Phi) is 4.46. The fourth-order valence-electron chi connectivity index (χ4n) is 2.60. The number of benzene rings is 1. The summed E-state index contributed by atoms with van der Waals surface area (Å²) < 4.78 is 5.30. The minimum Gasteiger partial charge on any atom is -0.479 e. The molecule has 1 aromatic rings. The zero-order valence-corrected chi connectivity index (χ0v) is 10.9. The molecule has 0 heterocycles. The molecule has 0 saturated heterocycles. The Morgan fingerprint density at radius 2 is 2.33 bits per heavy atom. The Morgan fingerprint density at radius 1 is 1.44 bits per heavy atom. The van der Waals surface area contributed by atoms with Gasteiger partial charge in [0, 0.05) is 17.8 Å². The molecule has 0 bridgehead atoms. The molecule has 0 amide bonds. The maximum atomic E-state index is 8.49. The molecule has 18 heavy (non-hydrogen) atoms. The highest BCUT2D eigenvalue weighted by atomic mass is 16.5. The molecule has 3 nitrogen and oxygen atoms in total. The van der Waals surface area contributed by atoms with E-state index in [0.717, 1.165) is 17.4 Å². The molecule has 1 saturated carbocycles. The van der Waals surface area contributed by atoms with E-state index >= 15 is 0 Å². The summed E-state index contributed by atoms with van der Waals surface area (Å²) in [7, 11) is 0. The highest BCUT2D eigenvalue weighted by molar-refractivity contribution is 5.49. The normalized spacial score (nSPS) is 22.4. The summed E-state index contributed by atoms with van der Waals surface area (Å²) in [5, 5.41) is 12.1. The Balaban J connectivity index is 1.91. The molecule has 2 rings (SSSR count). The quantitative estimate of drug-likeness (QED) is 0.861. The molecule has 0 aliphatic heterocycles. The second-order valence-electron chi connectivity index (χ2n) is 4.90. The summed E-state index contributed by atoms with van der Waals surface area (Å²) in [6.07, 6.45) is 5.13. The molecule has 0 radical (unpaired) electrons. The van der Waals surface area contributed by atoms with Gasteiger partial charge in [0.15, 0.2) is 6.61 Å². The topological polar surface area (TPSA) is 45.0 Å². The highest BCUT2D eigenvalue weighted by Crippen LogP contribution is 2.30. The molecule has 1 fully saturated rings. The number of nitrogens with one attached hydrogen (secondary N) is 1. The van der Waals surface area contributed by atoms with Gasteiger partial charge in [-0.1, -0.05) is 19.4 Å². The van der Waals surface area contributed by atoms with E-state index in [-0.39, 0.29) is 6.61 Å². The van der Waals surface area contributed by atoms with Crippen LogP contribution in [0.15, 0.2) is 24.3 Å². The van der Waals surface area contributed by atoms with Gasteiger partial charge in [0.25, 0.3) is 0 Å². The smallest absolute Gasteiger partial charge is 0.174 e. The lowest BCUT2D eigenvalue weighted by atomic mass is 10.1. The number of anilines is 1. The van der Waals surface area contributed by atoms with E-state index in [0.29, 0.717) is 6.04 Å². The summed E-state index contributed by atoms with van der Waals surface area (Å²) in [5.41, 5.74) is 1.09. The van der Waals surface area contributed by atoms with Crippen molar-refractivity contribution in [1.29, 1.82) is 5.26 Å². The van der Waals surface area contributed by atoms with Gasteiger partial charge >= 0.3 is 0 Å². The zero-order chi connectivity index (χ0) is 12.8. The average molecular weight is 244 g/mol. The van der Waals surface area contributed by atoms with Crippen LogP contribution in [0.1, 0.15) is 32.6 Å². The predicted molar refractivity (Wildman–Crippen MR) is 72.6 cm³/mol. The molecular formula is C15H20N2O. The van der Waals surface area contributed by atoms with Crippen LogP contribution >= 0.6 is 0 Å². The third kappa shape index (κ3) is 3.40. The largest absolute Gasteiger partial charge is 0.479 e. The van der Waals surface area contributed by atoms with Crippen LogP contribution in [-0.2, 0) is 0 Å². The van der Waals surface area contributed by atoms with Crippen LogP contribution in [0, 0.1) is 17.2 Å². The third-order valence-electron chi connectivity index (χ3n) is 3.63. The molecule has 0 spiro atoms. The maximum absolute atomic E-state index is 8.49. The molecular weight excluding hydrogens is 224 g/mol. The summed E-state index contributed by atoms with van der Waals surface area (Å²) in [6.45, 7) is 2.37. The summed E-state index contributed by atoms with van der Waals surface area (Å²) in [5.74, 6) is 1.63. The highest BCUT2D eigenvalue weighted by Gasteiger charge is 2.22. The number of hydrogen-bond acceptors (Lipinski definition) is 3. The van der Waals surface area contributed by atoms with Crippen molar-refractivity contribution in [2.75, 3.05) is 11.9 Å². The Labute approximate surface area is 109 Å². The van der Waals surface area contributed by atoms with E-state index in [2.05, 4.69) is 18.3 Å². The number of nitriles is 1. The van der Waals surface area contributed by atoms with E-state index in [1.54, 1.807) is 0 Å². The van der Waals surface area contributed by atoms with Crippen molar-refractivity contribution in [3.8, 4) is 11.8 Å². The van der Waals surface area contributed by atoms with Gasteiger partial charge in [-0.05, 0) is 37.3 Å². The second-order valence-corrected chi connectivity index (χ2v) is 4.90. The summed E-state index contributed by atoms with van der Waals surface area (Å²) in [4.78, 5) is 0. The molecule has 0 aromatic heterocycles. The van der Waals surface area contributed by atoms with Crippen molar-refractivity contribution < 1.29 is 4.74 Å². The van der Waals surface area contributed by atoms with Crippen molar-refractivity contribution in [1.82, 2.24) is 0 Å². The van der Waals surface area contributed by atoms with Gasteiger partial charge in [-0.3, -0.25) is 0 Å². The molecule has 1 aliphatic carbocycles. The van der Waals surface area contributed by atoms with Crippen LogP contribution in [0.4, 0.5) is 5.69 Å². The van der Waals surface area contributed by atoms with Crippen molar-refractivity contribution in [2.45, 2.75) is 38.6 Å². The Bertz CT molecular complexity index is 425. The fraction of sp³-hybridized carbons (Fsp3) is 0.533. The Morgan fingerprint density at radius 3 is 3.06 bits per heavy atom. The van der Waals surface area contributed by atoms with Crippen molar-refractivity contribution in [2.24, 2.45) is 5.92 Å². The van der Waals surface area contributed by atoms with Gasteiger partial charge in [0.1, 0.15) is 11.8 Å². The molecule has 1 aromatic carbocycles. The van der Waals surface area contributed by atoms with Crippen molar-refractivity contribution in [3.05, 3.63) is 24.3 Å². The first-order valence-electron chi connectivity index (χ1n) is 6.68. The van der Waals surface area contributed by atoms with Crippen molar-refractivity contribution >= 4 is 5.69 Å². The lowest BCUT2D eigenvalue weighted by Crippen LogP contribution is -2.15. The third-order valence-corrected chi connectivity index (χ3v) is 3.63. The van der Waals surface area contributed by atoms with Gasteiger partial charge in [-0.15, -0.1) is 0 Å². The number of nitrogens with zero attached hydrogens (tertiary/aromatic N) is 1. The maximum Gasteiger partial charge on any atom is 0.174 e. The van der Waals surface area contributed by atoms with Gasteiger partial charge in [0.2, 0.25) is 0 Å².